The molecule has 0 saturated heterocycles. The van der Waals surface area contributed by atoms with Gasteiger partial charge in [-0.2, -0.15) is 0 Å². The topological polar surface area (TPSA) is 49.4 Å². The van der Waals surface area contributed by atoms with Crippen LogP contribution in [0.5, 0.6) is 0 Å². The van der Waals surface area contributed by atoms with Crippen LogP contribution in [0.15, 0.2) is 78.9 Å². The molecule has 0 spiro atoms. The Morgan fingerprint density at radius 1 is 1.03 bits per heavy atom. The number of hydrogen-bond donors (Lipinski definition) is 1. The molecule has 1 atom stereocenters. The van der Waals surface area contributed by atoms with E-state index >= 15 is 0 Å². The summed E-state index contributed by atoms with van der Waals surface area (Å²) in [5.41, 5.74) is 1.16. The fraction of sp³-hybridized carbons (Fsp3) is 0.0833. The Bertz CT molecular complexity index is 1100. The first kappa shape index (κ1) is 21.1. The summed E-state index contributed by atoms with van der Waals surface area (Å²) < 4.78 is 14.7. The number of rotatable bonds is 6. The van der Waals surface area contributed by atoms with E-state index in [9.17, 15) is 14.0 Å². The van der Waals surface area contributed by atoms with E-state index in [0.29, 0.717) is 5.02 Å². The molecule has 0 saturated carbocycles. The van der Waals surface area contributed by atoms with Crippen LogP contribution < -0.4 is 10.2 Å². The summed E-state index contributed by atoms with van der Waals surface area (Å²) in [6.45, 7) is 0.207. The molecule has 0 aliphatic carbocycles. The number of nitrogens with zero attached hydrogens (tertiary/aromatic N) is 1. The first-order valence-electron chi connectivity index (χ1n) is 9.12. The largest absolute Gasteiger partial charge is 0.350 e. The monoisotopic (exact) mass is 420 g/mol. The Labute approximate surface area is 179 Å². The summed E-state index contributed by atoms with van der Waals surface area (Å²) in [4.78, 5) is 27.0. The maximum absolute atomic E-state index is 14.7. The van der Waals surface area contributed by atoms with E-state index in [1.165, 1.54) is 24.3 Å². The van der Waals surface area contributed by atoms with E-state index in [1.54, 1.807) is 24.3 Å². The minimum atomic E-state index is -1.32. The molecule has 6 heteroatoms. The highest BCUT2D eigenvalue weighted by atomic mass is 35.5. The number of hydrogen-bond acceptors (Lipinski definition) is 2. The van der Waals surface area contributed by atoms with Gasteiger partial charge in [-0.3, -0.25) is 14.5 Å². The van der Waals surface area contributed by atoms with Gasteiger partial charge in [-0.25, -0.2) is 4.39 Å². The molecule has 4 nitrogen and oxygen atoms in total. The van der Waals surface area contributed by atoms with Crippen LogP contribution in [0, 0.1) is 18.2 Å². The zero-order chi connectivity index (χ0) is 21.5. The average Bonchev–Trinajstić information content (AvgIpc) is 2.76. The number of carbonyl (C=O) groups is 2. The van der Waals surface area contributed by atoms with Crippen molar-refractivity contribution in [2.75, 3.05) is 4.90 Å². The van der Waals surface area contributed by atoms with E-state index in [-0.39, 0.29) is 17.8 Å². The summed E-state index contributed by atoms with van der Waals surface area (Å²) in [6.07, 6.45) is 5.37. The maximum atomic E-state index is 14.7. The Balaban J connectivity index is 2.05. The molecule has 1 N–H and O–H groups in total. The second-order valence-corrected chi connectivity index (χ2v) is 6.86. The van der Waals surface area contributed by atoms with Crippen LogP contribution in [0.1, 0.15) is 17.2 Å². The Morgan fingerprint density at radius 2 is 1.73 bits per heavy atom. The quantitative estimate of drug-likeness (QED) is 0.597. The van der Waals surface area contributed by atoms with Crippen molar-refractivity contribution in [1.29, 1.82) is 0 Å². The van der Waals surface area contributed by atoms with Crippen LogP contribution in [0.2, 0.25) is 5.02 Å². The number of carbonyl (C=O) groups excluding carboxylic acids is 2. The van der Waals surface area contributed by atoms with Gasteiger partial charge in [0.2, 0.25) is 5.91 Å². The molecule has 0 bridgehead atoms. The highest BCUT2D eigenvalue weighted by Gasteiger charge is 2.34. The first-order valence-corrected chi connectivity index (χ1v) is 9.50. The average molecular weight is 421 g/mol. The lowest BCUT2D eigenvalue weighted by molar-refractivity contribution is -0.125. The number of nitrogens with one attached hydrogen (secondary N) is 1. The second kappa shape index (κ2) is 9.73. The summed E-state index contributed by atoms with van der Waals surface area (Å²) in [5.74, 6) is 0.0248. The lowest BCUT2D eigenvalue weighted by Gasteiger charge is -2.30. The number of anilines is 1. The predicted octanol–water partition coefficient (Wildman–Crippen LogP) is 4.50. The number of amides is 2. The maximum Gasteiger partial charge on any atom is 0.303 e. The van der Waals surface area contributed by atoms with Crippen LogP contribution in [0.4, 0.5) is 10.1 Å². The molecular weight excluding hydrogens is 403 g/mol. The summed E-state index contributed by atoms with van der Waals surface area (Å²) in [5, 5.41) is 3.11. The normalized spacial score (nSPS) is 11.2. The van der Waals surface area contributed by atoms with Crippen LogP contribution in [0.25, 0.3) is 0 Å². The van der Waals surface area contributed by atoms with Gasteiger partial charge in [-0.15, -0.1) is 6.42 Å². The van der Waals surface area contributed by atoms with Gasteiger partial charge in [0.25, 0.3) is 0 Å². The minimum absolute atomic E-state index is 0.0200. The molecule has 0 aliphatic heterocycles. The van der Waals surface area contributed by atoms with Gasteiger partial charge in [0.15, 0.2) is 0 Å². The van der Waals surface area contributed by atoms with E-state index in [1.807, 2.05) is 36.3 Å². The Morgan fingerprint density at radius 3 is 2.40 bits per heavy atom. The van der Waals surface area contributed by atoms with Crippen molar-refractivity contribution in [3.8, 4) is 12.3 Å². The van der Waals surface area contributed by atoms with Gasteiger partial charge < -0.3 is 5.32 Å². The van der Waals surface area contributed by atoms with Gasteiger partial charge in [0, 0.05) is 22.8 Å². The molecule has 150 valence electrons. The van der Waals surface area contributed by atoms with Crippen LogP contribution in [-0.4, -0.2) is 11.8 Å². The third-order valence-corrected chi connectivity index (χ3v) is 4.68. The highest BCUT2D eigenvalue weighted by Crippen LogP contribution is 2.31. The van der Waals surface area contributed by atoms with Crippen molar-refractivity contribution in [2.45, 2.75) is 12.6 Å². The lowest BCUT2D eigenvalue weighted by Crippen LogP contribution is -2.43. The third kappa shape index (κ3) is 4.86. The molecule has 3 aromatic rings. The smallest absolute Gasteiger partial charge is 0.303 e. The standard InChI is InChI=1S/C24H18ClFN2O2/c1-2-22(29)28(19-12-8-11-18(25)15-19)23(20-13-6-7-14-21(20)26)24(30)27-16-17-9-4-3-5-10-17/h1,3-15,23H,16H2,(H,27,30). The molecule has 0 aromatic heterocycles. The zero-order valence-electron chi connectivity index (χ0n) is 15.9. The van der Waals surface area contributed by atoms with E-state index in [2.05, 4.69) is 5.32 Å². The molecular formula is C24H18ClFN2O2. The van der Waals surface area contributed by atoms with Crippen molar-refractivity contribution < 1.29 is 14.0 Å². The molecule has 0 aliphatic rings. The number of terminal acetylenes is 1. The summed E-state index contributed by atoms with van der Waals surface area (Å²) >= 11 is 6.08. The molecule has 2 amide bonds. The molecule has 1 unspecified atom stereocenters. The minimum Gasteiger partial charge on any atom is -0.350 e. The van der Waals surface area contributed by atoms with Crippen molar-refractivity contribution in [2.24, 2.45) is 0 Å². The SMILES string of the molecule is C#CC(=O)N(c1cccc(Cl)c1)C(C(=O)NCc1ccccc1)c1ccccc1F. The van der Waals surface area contributed by atoms with Crippen molar-refractivity contribution in [3.05, 3.63) is 101 Å². The fourth-order valence-electron chi connectivity index (χ4n) is 3.06. The molecule has 30 heavy (non-hydrogen) atoms. The molecule has 0 heterocycles. The van der Waals surface area contributed by atoms with Gasteiger partial charge in [-0.05, 0) is 35.7 Å². The molecule has 3 rings (SSSR count). The molecule has 3 aromatic carbocycles. The van der Waals surface area contributed by atoms with Crippen molar-refractivity contribution in [1.82, 2.24) is 5.32 Å². The van der Waals surface area contributed by atoms with Gasteiger partial charge in [-0.1, -0.05) is 66.2 Å². The Hall–Kier alpha value is -3.62. The molecule has 0 fully saturated rings. The van der Waals surface area contributed by atoms with Crippen LogP contribution in [-0.2, 0) is 16.1 Å². The second-order valence-electron chi connectivity index (χ2n) is 6.43. The lowest BCUT2D eigenvalue weighted by atomic mass is 10.0. The van der Waals surface area contributed by atoms with Crippen LogP contribution in [0.3, 0.4) is 0 Å². The third-order valence-electron chi connectivity index (χ3n) is 4.44. The fourth-order valence-corrected chi connectivity index (χ4v) is 3.24. The molecule has 0 radical (unpaired) electrons. The van der Waals surface area contributed by atoms with E-state index in [0.717, 1.165) is 10.5 Å². The van der Waals surface area contributed by atoms with Gasteiger partial charge >= 0.3 is 5.91 Å². The van der Waals surface area contributed by atoms with E-state index in [4.69, 9.17) is 18.0 Å². The Kier molecular flexibility index (Phi) is 6.84. The van der Waals surface area contributed by atoms with Gasteiger partial charge in [0.05, 0.1) is 0 Å². The van der Waals surface area contributed by atoms with Crippen molar-refractivity contribution >= 4 is 29.1 Å². The number of benzene rings is 3. The summed E-state index contributed by atoms with van der Waals surface area (Å²) in [6, 6.07) is 20.0. The number of halogens is 2. The predicted molar refractivity (Wildman–Crippen MR) is 115 cm³/mol. The van der Waals surface area contributed by atoms with Gasteiger partial charge in [0.1, 0.15) is 11.9 Å². The summed E-state index contributed by atoms with van der Waals surface area (Å²) in [7, 11) is 0. The van der Waals surface area contributed by atoms with E-state index < -0.39 is 23.7 Å². The zero-order valence-corrected chi connectivity index (χ0v) is 16.6. The van der Waals surface area contributed by atoms with Crippen LogP contribution >= 0.6 is 11.6 Å². The first-order chi connectivity index (χ1) is 14.5. The highest BCUT2D eigenvalue weighted by molar-refractivity contribution is 6.31. The van der Waals surface area contributed by atoms with Crippen molar-refractivity contribution in [3.63, 3.8) is 0 Å².